The van der Waals surface area contributed by atoms with Crippen molar-refractivity contribution >= 4 is 0 Å². The molecular formula is C25H18F2O2. The number of halogens is 2. The molecule has 144 valence electrons. The molecule has 1 unspecified atom stereocenters. The fraction of sp³-hybridized carbons (Fsp3) is 0.0400. The second-order valence-electron chi connectivity index (χ2n) is 6.77. The van der Waals surface area contributed by atoms with Gasteiger partial charge >= 0.3 is 0 Å². The van der Waals surface area contributed by atoms with Gasteiger partial charge in [0.2, 0.25) is 0 Å². The van der Waals surface area contributed by atoms with Crippen molar-refractivity contribution in [3.63, 3.8) is 0 Å². The maximum absolute atomic E-state index is 14.8. The maximum atomic E-state index is 14.8. The molecule has 0 aliphatic carbocycles. The zero-order chi connectivity index (χ0) is 20.4. The molecule has 4 aromatic rings. The number of benzene rings is 4. The van der Waals surface area contributed by atoms with Crippen LogP contribution in [0.3, 0.4) is 0 Å². The highest BCUT2D eigenvalue weighted by Crippen LogP contribution is 2.33. The van der Waals surface area contributed by atoms with Crippen LogP contribution in [-0.2, 0) is 0 Å². The number of rotatable bonds is 4. The fourth-order valence-corrected chi connectivity index (χ4v) is 3.31. The van der Waals surface area contributed by atoms with E-state index < -0.39 is 17.7 Å². The van der Waals surface area contributed by atoms with E-state index in [1.807, 2.05) is 30.3 Å². The first kappa shape index (κ1) is 18.8. The van der Waals surface area contributed by atoms with Gasteiger partial charge in [0.25, 0.3) is 0 Å². The van der Waals surface area contributed by atoms with Crippen molar-refractivity contribution in [1.82, 2.24) is 0 Å². The van der Waals surface area contributed by atoms with Gasteiger partial charge in [0.1, 0.15) is 11.9 Å². The molecule has 0 spiro atoms. The lowest BCUT2D eigenvalue weighted by atomic mass is 9.96. The Bertz CT molecular complexity index is 1120. The van der Waals surface area contributed by atoms with Gasteiger partial charge < -0.3 is 10.2 Å². The summed E-state index contributed by atoms with van der Waals surface area (Å²) in [6.07, 6.45) is -0.788. The summed E-state index contributed by atoms with van der Waals surface area (Å²) in [5, 5.41) is 19.9. The summed E-state index contributed by atoms with van der Waals surface area (Å²) in [4.78, 5) is 0. The second-order valence-corrected chi connectivity index (χ2v) is 6.77. The first-order valence-electron chi connectivity index (χ1n) is 9.15. The van der Waals surface area contributed by atoms with Crippen molar-refractivity contribution < 1.29 is 19.0 Å². The van der Waals surface area contributed by atoms with Crippen LogP contribution in [0.4, 0.5) is 8.78 Å². The van der Waals surface area contributed by atoms with Crippen LogP contribution in [0.15, 0.2) is 91.0 Å². The third-order valence-corrected chi connectivity index (χ3v) is 4.91. The van der Waals surface area contributed by atoms with Crippen LogP contribution in [0, 0.1) is 11.6 Å². The number of hydrogen-bond acceptors (Lipinski definition) is 2. The predicted octanol–water partition coefficient (Wildman–Crippen LogP) is 6.09. The van der Waals surface area contributed by atoms with Crippen LogP contribution in [0.2, 0.25) is 0 Å². The van der Waals surface area contributed by atoms with Gasteiger partial charge in [-0.3, -0.25) is 0 Å². The molecule has 1 atom stereocenters. The minimum absolute atomic E-state index is 0.0593. The monoisotopic (exact) mass is 388 g/mol. The third kappa shape index (κ3) is 3.75. The van der Waals surface area contributed by atoms with E-state index in [1.165, 1.54) is 36.4 Å². The molecule has 4 heteroatoms. The van der Waals surface area contributed by atoms with E-state index in [0.29, 0.717) is 16.7 Å². The predicted molar refractivity (Wildman–Crippen MR) is 109 cm³/mol. The average Bonchev–Trinajstić information content (AvgIpc) is 2.77. The highest BCUT2D eigenvalue weighted by molar-refractivity contribution is 5.72. The SMILES string of the molecule is Oc1ccc(-c2ccc(-c3ccc(C(O)c4ccccc4)cc3)c(F)c2F)cc1. The number of phenolic OH excluding ortho intramolecular Hbond substituents is 1. The quantitative estimate of drug-likeness (QED) is 0.444. The third-order valence-electron chi connectivity index (χ3n) is 4.91. The Morgan fingerprint density at radius 3 is 1.52 bits per heavy atom. The van der Waals surface area contributed by atoms with E-state index >= 15 is 0 Å². The fourth-order valence-electron chi connectivity index (χ4n) is 3.31. The Labute approximate surface area is 167 Å². The molecule has 4 rings (SSSR count). The highest BCUT2D eigenvalue weighted by atomic mass is 19.2. The van der Waals surface area contributed by atoms with Crippen LogP contribution in [0.25, 0.3) is 22.3 Å². The first-order chi connectivity index (χ1) is 14.0. The number of hydrogen-bond donors (Lipinski definition) is 2. The molecule has 4 aromatic carbocycles. The van der Waals surface area contributed by atoms with E-state index in [-0.39, 0.29) is 16.9 Å². The topological polar surface area (TPSA) is 40.5 Å². The summed E-state index contributed by atoms with van der Waals surface area (Å²) in [5.41, 5.74) is 2.69. The molecule has 2 nitrogen and oxygen atoms in total. The number of phenols is 1. The molecule has 0 aromatic heterocycles. The van der Waals surface area contributed by atoms with Gasteiger partial charge in [-0.05, 0) is 34.4 Å². The lowest BCUT2D eigenvalue weighted by Crippen LogP contribution is -1.99. The molecule has 0 heterocycles. The smallest absolute Gasteiger partial charge is 0.167 e. The van der Waals surface area contributed by atoms with Gasteiger partial charge in [-0.1, -0.05) is 78.9 Å². The summed E-state index contributed by atoms with van der Waals surface area (Å²) in [6.45, 7) is 0. The van der Waals surface area contributed by atoms with Gasteiger partial charge in [-0.25, -0.2) is 8.78 Å². The van der Waals surface area contributed by atoms with Crippen molar-refractivity contribution in [1.29, 1.82) is 0 Å². The summed E-state index contributed by atoms with van der Waals surface area (Å²) in [6, 6.07) is 24.9. The standard InChI is InChI=1S/C25H18F2O2/c26-23-21(14-15-22(24(23)27)17-10-12-20(28)13-11-17)16-6-8-19(9-7-16)25(29)18-4-2-1-3-5-18/h1-15,25,28-29H. The molecule has 0 saturated heterocycles. The van der Waals surface area contributed by atoms with Crippen molar-refractivity contribution in [3.8, 4) is 28.0 Å². The van der Waals surface area contributed by atoms with Crippen molar-refractivity contribution in [2.24, 2.45) is 0 Å². The van der Waals surface area contributed by atoms with Gasteiger partial charge in [0.05, 0.1) is 0 Å². The molecule has 0 bridgehead atoms. The number of aliphatic hydroxyl groups excluding tert-OH is 1. The Kier molecular flexibility index (Phi) is 5.10. The Hall–Kier alpha value is -3.50. The number of aliphatic hydroxyl groups is 1. The van der Waals surface area contributed by atoms with Crippen LogP contribution >= 0.6 is 0 Å². The first-order valence-corrected chi connectivity index (χ1v) is 9.15. The maximum Gasteiger partial charge on any atom is 0.167 e. The zero-order valence-electron chi connectivity index (χ0n) is 15.4. The largest absolute Gasteiger partial charge is 0.508 e. The van der Waals surface area contributed by atoms with Crippen LogP contribution in [0.5, 0.6) is 5.75 Å². The van der Waals surface area contributed by atoms with Crippen LogP contribution in [-0.4, -0.2) is 10.2 Å². The molecule has 0 amide bonds. The second kappa shape index (κ2) is 7.86. The molecule has 2 N–H and O–H groups in total. The van der Waals surface area contributed by atoms with Crippen molar-refractivity contribution in [3.05, 3.63) is 114 Å². The molecule has 0 aliphatic rings. The van der Waals surface area contributed by atoms with Crippen molar-refractivity contribution in [2.75, 3.05) is 0 Å². The molecular weight excluding hydrogens is 370 g/mol. The van der Waals surface area contributed by atoms with Crippen molar-refractivity contribution in [2.45, 2.75) is 6.10 Å². The minimum Gasteiger partial charge on any atom is -0.508 e. The minimum atomic E-state index is -0.943. The molecule has 29 heavy (non-hydrogen) atoms. The van der Waals surface area contributed by atoms with E-state index in [0.717, 1.165) is 5.56 Å². The molecule has 0 fully saturated rings. The summed E-state index contributed by atoms with van der Waals surface area (Å²) in [5.74, 6) is -1.82. The van der Waals surface area contributed by atoms with Gasteiger partial charge in [0, 0.05) is 11.1 Å². The Morgan fingerprint density at radius 1 is 0.552 bits per heavy atom. The van der Waals surface area contributed by atoms with Gasteiger partial charge in [-0.2, -0.15) is 0 Å². The van der Waals surface area contributed by atoms with Crippen LogP contribution in [0.1, 0.15) is 17.2 Å². The van der Waals surface area contributed by atoms with Gasteiger partial charge in [-0.15, -0.1) is 0 Å². The van der Waals surface area contributed by atoms with Crippen LogP contribution < -0.4 is 0 Å². The van der Waals surface area contributed by atoms with E-state index in [9.17, 15) is 19.0 Å². The highest BCUT2D eigenvalue weighted by Gasteiger charge is 2.17. The zero-order valence-corrected chi connectivity index (χ0v) is 15.4. The summed E-state index contributed by atoms with van der Waals surface area (Å²) >= 11 is 0. The number of aromatic hydroxyl groups is 1. The van der Waals surface area contributed by atoms with Gasteiger partial charge in [0.15, 0.2) is 11.6 Å². The summed E-state index contributed by atoms with van der Waals surface area (Å²) < 4.78 is 29.4. The molecule has 0 aliphatic heterocycles. The van der Waals surface area contributed by atoms with E-state index in [1.54, 1.807) is 24.3 Å². The lowest BCUT2D eigenvalue weighted by Gasteiger charge is -2.13. The van der Waals surface area contributed by atoms with E-state index in [4.69, 9.17) is 0 Å². The summed E-state index contributed by atoms with van der Waals surface area (Å²) in [7, 11) is 0. The molecule has 0 radical (unpaired) electrons. The Morgan fingerprint density at radius 2 is 1.00 bits per heavy atom. The van der Waals surface area contributed by atoms with E-state index in [2.05, 4.69) is 0 Å². The lowest BCUT2D eigenvalue weighted by molar-refractivity contribution is 0.220. The Balaban J connectivity index is 1.65. The normalized spacial score (nSPS) is 12.0. The average molecular weight is 388 g/mol. The molecule has 0 saturated carbocycles.